The molecule has 20 heavy (non-hydrogen) atoms. The monoisotopic (exact) mass is 301 g/mol. The Hall–Kier alpha value is -1.79. The number of aryl methyl sites for hydroxylation is 1. The number of hydrogen-bond acceptors (Lipinski definition) is 4. The van der Waals surface area contributed by atoms with Crippen LogP contribution in [0.5, 0.6) is 5.75 Å². The zero-order valence-corrected chi connectivity index (χ0v) is 11.7. The van der Waals surface area contributed by atoms with Crippen LogP contribution in [0.25, 0.3) is 0 Å². The second-order valence-corrected chi connectivity index (χ2v) is 4.63. The highest BCUT2D eigenvalue weighted by Gasteiger charge is 2.13. The van der Waals surface area contributed by atoms with E-state index in [2.05, 4.69) is 5.32 Å². The number of ether oxygens (including phenoxy) is 1. The van der Waals surface area contributed by atoms with Gasteiger partial charge < -0.3 is 20.3 Å². The maximum atomic E-state index is 11.5. The third-order valence-corrected chi connectivity index (χ3v) is 2.76. The molecular formula is C13H16ClNO5. The Bertz CT molecular complexity index is 492. The van der Waals surface area contributed by atoms with Gasteiger partial charge in [0.05, 0.1) is 0 Å². The van der Waals surface area contributed by atoms with Gasteiger partial charge in [-0.05, 0) is 30.7 Å². The summed E-state index contributed by atoms with van der Waals surface area (Å²) in [5.41, 5.74) is 0.812. The van der Waals surface area contributed by atoms with Crippen LogP contribution in [0, 0.1) is 6.92 Å². The number of aliphatic hydroxyl groups is 1. The van der Waals surface area contributed by atoms with Crippen molar-refractivity contribution in [3.05, 3.63) is 28.8 Å². The van der Waals surface area contributed by atoms with Crippen LogP contribution in [0.3, 0.4) is 0 Å². The third-order valence-electron chi connectivity index (χ3n) is 2.52. The van der Waals surface area contributed by atoms with E-state index in [9.17, 15) is 9.59 Å². The lowest BCUT2D eigenvalue weighted by Gasteiger charge is -2.10. The molecule has 6 nitrogen and oxygen atoms in total. The number of nitrogens with one attached hydrogen (secondary N) is 1. The molecule has 0 radical (unpaired) electrons. The molecule has 110 valence electrons. The first kappa shape index (κ1) is 16.3. The van der Waals surface area contributed by atoms with Crippen LogP contribution in [0.1, 0.15) is 12.0 Å². The molecule has 0 aromatic heterocycles. The molecule has 1 rings (SSSR count). The first-order chi connectivity index (χ1) is 9.40. The minimum Gasteiger partial charge on any atom is -0.484 e. The van der Waals surface area contributed by atoms with Crippen molar-refractivity contribution in [3.63, 3.8) is 0 Å². The van der Waals surface area contributed by atoms with E-state index < -0.39 is 18.0 Å². The molecule has 1 atom stereocenters. The van der Waals surface area contributed by atoms with Gasteiger partial charge in [-0.3, -0.25) is 4.79 Å². The summed E-state index contributed by atoms with van der Waals surface area (Å²) >= 11 is 5.80. The van der Waals surface area contributed by atoms with Crippen LogP contribution in [0.4, 0.5) is 0 Å². The SMILES string of the molecule is Cc1cc(Cl)ccc1OCC(=O)NCC[C@H](O)C(=O)O. The lowest BCUT2D eigenvalue weighted by Crippen LogP contribution is -2.33. The van der Waals surface area contributed by atoms with Crippen molar-refractivity contribution < 1.29 is 24.5 Å². The fourth-order valence-corrected chi connectivity index (χ4v) is 1.67. The standard InChI is InChI=1S/C13H16ClNO5/c1-8-6-9(14)2-3-11(8)20-7-12(17)15-5-4-10(16)13(18)19/h2-3,6,10,16H,4-5,7H2,1H3,(H,15,17)(H,18,19)/t10-/m0/s1. The molecule has 3 N–H and O–H groups in total. The Balaban J connectivity index is 2.31. The van der Waals surface area contributed by atoms with Crippen molar-refractivity contribution in [3.8, 4) is 5.75 Å². The molecule has 1 amide bonds. The summed E-state index contributed by atoms with van der Waals surface area (Å²) in [5.74, 6) is -1.15. The van der Waals surface area contributed by atoms with Crippen LogP contribution < -0.4 is 10.1 Å². The molecule has 0 saturated heterocycles. The first-order valence-electron chi connectivity index (χ1n) is 5.96. The Labute approximate surface area is 121 Å². The van der Waals surface area contributed by atoms with Crippen LogP contribution >= 0.6 is 11.6 Å². The first-order valence-corrected chi connectivity index (χ1v) is 6.34. The number of carbonyl (C=O) groups excluding carboxylic acids is 1. The number of rotatable bonds is 7. The lowest BCUT2D eigenvalue weighted by molar-refractivity contribution is -0.147. The summed E-state index contributed by atoms with van der Waals surface area (Å²) in [4.78, 5) is 21.8. The predicted molar refractivity (Wildman–Crippen MR) is 73.0 cm³/mol. The molecule has 0 fully saturated rings. The normalized spacial score (nSPS) is 11.8. The number of carboxylic acids is 1. The number of aliphatic carboxylic acids is 1. The van der Waals surface area contributed by atoms with Crippen LogP contribution in [0.2, 0.25) is 5.02 Å². The summed E-state index contributed by atoms with van der Waals surface area (Å²) < 4.78 is 5.31. The zero-order chi connectivity index (χ0) is 15.1. The molecule has 0 aliphatic rings. The molecular weight excluding hydrogens is 286 g/mol. The summed E-state index contributed by atoms with van der Waals surface area (Å²) in [7, 11) is 0. The maximum Gasteiger partial charge on any atom is 0.332 e. The Kier molecular flexibility index (Phi) is 6.27. The molecule has 0 aliphatic heterocycles. The van der Waals surface area contributed by atoms with Gasteiger partial charge in [0, 0.05) is 18.0 Å². The van der Waals surface area contributed by atoms with Crippen molar-refractivity contribution in [2.75, 3.05) is 13.2 Å². The van der Waals surface area contributed by atoms with Gasteiger partial charge in [-0.15, -0.1) is 0 Å². The van der Waals surface area contributed by atoms with Gasteiger partial charge in [0.1, 0.15) is 5.75 Å². The average molecular weight is 302 g/mol. The number of benzene rings is 1. The molecule has 0 spiro atoms. The summed E-state index contributed by atoms with van der Waals surface area (Å²) in [6, 6.07) is 5.04. The molecule has 0 aliphatic carbocycles. The van der Waals surface area contributed by atoms with Gasteiger partial charge >= 0.3 is 5.97 Å². The quantitative estimate of drug-likeness (QED) is 0.697. The summed E-state index contributed by atoms with van der Waals surface area (Å²) in [6.07, 6.45) is -1.53. The number of carboxylic acid groups (broad SMARTS) is 1. The van der Waals surface area contributed by atoms with E-state index in [4.69, 9.17) is 26.6 Å². The minimum absolute atomic E-state index is 0.0545. The largest absolute Gasteiger partial charge is 0.484 e. The smallest absolute Gasteiger partial charge is 0.332 e. The highest BCUT2D eigenvalue weighted by molar-refractivity contribution is 6.30. The third kappa shape index (κ3) is 5.46. The van der Waals surface area contributed by atoms with Gasteiger partial charge in [-0.1, -0.05) is 11.6 Å². The van der Waals surface area contributed by atoms with Crippen molar-refractivity contribution >= 4 is 23.5 Å². The molecule has 1 aromatic carbocycles. The van der Waals surface area contributed by atoms with E-state index in [0.717, 1.165) is 5.56 Å². The second-order valence-electron chi connectivity index (χ2n) is 4.19. The van der Waals surface area contributed by atoms with Gasteiger partial charge in [0.15, 0.2) is 12.7 Å². The molecule has 0 bridgehead atoms. The highest BCUT2D eigenvalue weighted by Crippen LogP contribution is 2.21. The van der Waals surface area contributed by atoms with Crippen molar-refractivity contribution in [1.29, 1.82) is 0 Å². The van der Waals surface area contributed by atoms with Gasteiger partial charge in [0.2, 0.25) is 0 Å². The van der Waals surface area contributed by atoms with E-state index in [1.807, 2.05) is 6.92 Å². The number of hydrogen-bond donors (Lipinski definition) is 3. The number of carbonyl (C=O) groups is 2. The number of halogens is 1. The maximum absolute atomic E-state index is 11.5. The fourth-order valence-electron chi connectivity index (χ4n) is 1.44. The second kappa shape index (κ2) is 7.72. The Morgan fingerprint density at radius 2 is 2.15 bits per heavy atom. The predicted octanol–water partition coefficient (Wildman–Crippen LogP) is 0.979. The average Bonchev–Trinajstić information content (AvgIpc) is 2.37. The molecule has 0 unspecified atom stereocenters. The Morgan fingerprint density at radius 3 is 2.75 bits per heavy atom. The van der Waals surface area contributed by atoms with Gasteiger partial charge in [-0.2, -0.15) is 0 Å². The van der Waals surface area contributed by atoms with Crippen molar-refractivity contribution in [1.82, 2.24) is 5.32 Å². The van der Waals surface area contributed by atoms with E-state index in [0.29, 0.717) is 10.8 Å². The van der Waals surface area contributed by atoms with E-state index in [1.54, 1.807) is 18.2 Å². The lowest BCUT2D eigenvalue weighted by atomic mass is 10.2. The zero-order valence-electron chi connectivity index (χ0n) is 10.9. The van der Waals surface area contributed by atoms with Crippen LogP contribution in [-0.2, 0) is 9.59 Å². The van der Waals surface area contributed by atoms with Crippen molar-refractivity contribution in [2.45, 2.75) is 19.4 Å². The summed E-state index contributed by atoms with van der Waals surface area (Å²) in [5, 5.41) is 20.5. The number of amides is 1. The Morgan fingerprint density at radius 1 is 1.45 bits per heavy atom. The minimum atomic E-state index is -1.48. The van der Waals surface area contributed by atoms with E-state index in [-0.39, 0.29) is 19.6 Å². The topological polar surface area (TPSA) is 95.9 Å². The fraction of sp³-hybridized carbons (Fsp3) is 0.385. The molecule has 0 saturated carbocycles. The van der Waals surface area contributed by atoms with Gasteiger partial charge in [-0.25, -0.2) is 4.79 Å². The number of aliphatic hydroxyl groups excluding tert-OH is 1. The molecule has 7 heteroatoms. The summed E-state index contributed by atoms with van der Waals surface area (Å²) in [6.45, 7) is 1.68. The molecule has 0 heterocycles. The van der Waals surface area contributed by atoms with E-state index >= 15 is 0 Å². The van der Waals surface area contributed by atoms with E-state index in [1.165, 1.54) is 0 Å². The van der Waals surface area contributed by atoms with Gasteiger partial charge in [0.25, 0.3) is 5.91 Å². The highest BCUT2D eigenvalue weighted by atomic mass is 35.5. The molecule has 1 aromatic rings. The van der Waals surface area contributed by atoms with Crippen LogP contribution in [0.15, 0.2) is 18.2 Å². The van der Waals surface area contributed by atoms with Crippen molar-refractivity contribution in [2.24, 2.45) is 0 Å². The van der Waals surface area contributed by atoms with Crippen LogP contribution in [-0.4, -0.2) is 41.3 Å².